The molecule has 1 aromatic carbocycles. The molecule has 1 aliphatic rings. The molecule has 0 aromatic heterocycles. The van der Waals surface area contributed by atoms with Gasteiger partial charge in [-0.25, -0.2) is 0 Å². The summed E-state index contributed by atoms with van der Waals surface area (Å²) in [6, 6.07) is 5.26. The fourth-order valence-electron chi connectivity index (χ4n) is 2.32. The largest absolute Gasteiger partial charge is 0.507 e. The van der Waals surface area contributed by atoms with Crippen LogP contribution in [0.2, 0.25) is 0 Å². The molecule has 1 aliphatic carbocycles. The van der Waals surface area contributed by atoms with Gasteiger partial charge in [0, 0.05) is 28.7 Å². The van der Waals surface area contributed by atoms with Gasteiger partial charge >= 0.3 is 0 Å². The van der Waals surface area contributed by atoms with Gasteiger partial charge in [-0.05, 0) is 31.0 Å². The highest BCUT2D eigenvalue weighted by atomic mass is 79.9. The minimum atomic E-state index is -0.216. The van der Waals surface area contributed by atoms with Crippen LogP contribution in [0.5, 0.6) is 5.75 Å². The molecule has 0 radical (unpaired) electrons. The monoisotopic (exact) mass is 311 g/mol. The Morgan fingerprint density at radius 3 is 2.89 bits per heavy atom. The number of aliphatic imine (C=N–C) groups is 1. The molecule has 0 unspecified atom stereocenters. The van der Waals surface area contributed by atoms with Gasteiger partial charge in [0.05, 0.1) is 6.10 Å². The van der Waals surface area contributed by atoms with Gasteiger partial charge in [0.2, 0.25) is 0 Å². The Bertz CT molecular complexity index is 434. The Kier molecular flexibility index (Phi) is 4.78. The number of rotatable bonds is 3. The van der Waals surface area contributed by atoms with Crippen LogP contribution in [0.3, 0.4) is 0 Å². The van der Waals surface area contributed by atoms with Gasteiger partial charge < -0.3 is 10.2 Å². The maximum Gasteiger partial charge on any atom is 0.124 e. The lowest BCUT2D eigenvalue weighted by Gasteiger charge is -2.25. The number of benzene rings is 1. The second-order valence-electron chi connectivity index (χ2n) is 4.81. The van der Waals surface area contributed by atoms with Crippen molar-refractivity contribution in [3.05, 3.63) is 28.2 Å². The van der Waals surface area contributed by atoms with E-state index in [1.807, 2.05) is 6.07 Å². The molecule has 18 heavy (non-hydrogen) atoms. The summed E-state index contributed by atoms with van der Waals surface area (Å²) in [7, 11) is 0. The number of hydrogen-bond donors (Lipinski definition) is 2. The molecule has 0 saturated heterocycles. The highest BCUT2D eigenvalue weighted by Gasteiger charge is 2.22. The van der Waals surface area contributed by atoms with Gasteiger partial charge in [0.15, 0.2) is 0 Å². The minimum absolute atomic E-state index is 0.216. The SMILES string of the molecule is Oc1ccc(Br)cc1C=NC[C@@H]1CCCC[C@@H]1O. The zero-order valence-electron chi connectivity index (χ0n) is 10.2. The number of phenols is 1. The molecule has 4 heteroatoms. The summed E-state index contributed by atoms with van der Waals surface area (Å²) in [5.41, 5.74) is 0.703. The molecule has 2 atom stereocenters. The van der Waals surface area contributed by atoms with Crippen molar-refractivity contribution in [3.8, 4) is 5.75 Å². The second-order valence-corrected chi connectivity index (χ2v) is 5.72. The molecule has 1 saturated carbocycles. The summed E-state index contributed by atoms with van der Waals surface area (Å²) in [6.45, 7) is 0.632. The molecule has 0 spiro atoms. The first kappa shape index (κ1) is 13.6. The zero-order valence-corrected chi connectivity index (χ0v) is 11.8. The van der Waals surface area contributed by atoms with Crippen LogP contribution in [0.1, 0.15) is 31.2 Å². The molecule has 0 aliphatic heterocycles. The molecule has 1 fully saturated rings. The first-order valence-corrected chi connectivity index (χ1v) is 7.12. The Morgan fingerprint density at radius 1 is 1.33 bits per heavy atom. The number of aromatic hydroxyl groups is 1. The summed E-state index contributed by atoms with van der Waals surface area (Å²) in [6.07, 6.45) is 5.70. The van der Waals surface area contributed by atoms with Crippen molar-refractivity contribution >= 4 is 22.1 Å². The predicted octanol–water partition coefficient (Wildman–Crippen LogP) is 3.12. The lowest BCUT2D eigenvalue weighted by molar-refractivity contribution is 0.0746. The van der Waals surface area contributed by atoms with Crippen molar-refractivity contribution in [1.29, 1.82) is 0 Å². The van der Waals surface area contributed by atoms with Crippen molar-refractivity contribution in [2.24, 2.45) is 10.9 Å². The van der Waals surface area contributed by atoms with Crippen molar-refractivity contribution in [2.45, 2.75) is 31.8 Å². The molecule has 3 nitrogen and oxygen atoms in total. The average molecular weight is 312 g/mol. The van der Waals surface area contributed by atoms with Crippen LogP contribution in [-0.4, -0.2) is 29.1 Å². The van der Waals surface area contributed by atoms with Crippen LogP contribution in [-0.2, 0) is 0 Å². The van der Waals surface area contributed by atoms with Gasteiger partial charge in [-0.1, -0.05) is 28.8 Å². The zero-order chi connectivity index (χ0) is 13.0. The Labute approximate surface area is 116 Å². The molecular formula is C14H18BrNO2. The van der Waals surface area contributed by atoms with Gasteiger partial charge in [-0.15, -0.1) is 0 Å². The van der Waals surface area contributed by atoms with Crippen LogP contribution >= 0.6 is 15.9 Å². The van der Waals surface area contributed by atoms with E-state index >= 15 is 0 Å². The first-order valence-electron chi connectivity index (χ1n) is 6.33. The standard InChI is InChI=1S/C14H18BrNO2/c15-12-5-6-14(18)11(7-12)9-16-8-10-3-1-2-4-13(10)17/h5-7,9-10,13,17-18H,1-4,8H2/t10-,13-/m0/s1. The Balaban J connectivity index is 1.96. The Morgan fingerprint density at radius 2 is 2.11 bits per heavy atom. The third-order valence-electron chi connectivity index (χ3n) is 3.43. The normalized spacial score (nSPS) is 24.6. The number of nitrogens with zero attached hydrogens (tertiary/aromatic N) is 1. The number of halogens is 1. The lowest BCUT2D eigenvalue weighted by Crippen LogP contribution is -2.26. The number of aliphatic hydroxyl groups excluding tert-OH is 1. The van der Waals surface area contributed by atoms with Crippen molar-refractivity contribution in [1.82, 2.24) is 0 Å². The van der Waals surface area contributed by atoms with Crippen molar-refractivity contribution < 1.29 is 10.2 Å². The second kappa shape index (κ2) is 6.34. The molecule has 1 aromatic rings. The maximum atomic E-state index is 9.83. The van der Waals surface area contributed by atoms with Crippen LogP contribution in [0, 0.1) is 5.92 Å². The van der Waals surface area contributed by atoms with E-state index in [1.165, 1.54) is 6.42 Å². The maximum absolute atomic E-state index is 9.83. The smallest absolute Gasteiger partial charge is 0.124 e. The van der Waals surface area contributed by atoms with Gasteiger partial charge in [-0.3, -0.25) is 4.99 Å². The van der Waals surface area contributed by atoms with Crippen LogP contribution in [0.15, 0.2) is 27.7 Å². The summed E-state index contributed by atoms with van der Waals surface area (Å²) >= 11 is 3.36. The topological polar surface area (TPSA) is 52.8 Å². The van der Waals surface area contributed by atoms with E-state index in [1.54, 1.807) is 18.3 Å². The lowest BCUT2D eigenvalue weighted by atomic mass is 9.87. The van der Waals surface area contributed by atoms with E-state index in [9.17, 15) is 10.2 Å². The number of phenolic OH excluding ortho intramolecular Hbond substituents is 1. The summed E-state index contributed by atoms with van der Waals surface area (Å²) < 4.78 is 0.916. The van der Waals surface area contributed by atoms with E-state index in [-0.39, 0.29) is 17.8 Å². The minimum Gasteiger partial charge on any atom is -0.507 e. The average Bonchev–Trinajstić information content (AvgIpc) is 2.36. The highest BCUT2D eigenvalue weighted by Crippen LogP contribution is 2.25. The van der Waals surface area contributed by atoms with Gasteiger partial charge in [-0.2, -0.15) is 0 Å². The molecule has 0 amide bonds. The summed E-state index contributed by atoms with van der Waals surface area (Å²) in [4.78, 5) is 4.35. The molecular weight excluding hydrogens is 294 g/mol. The molecule has 98 valence electrons. The van der Waals surface area contributed by atoms with E-state index in [0.717, 1.165) is 23.7 Å². The van der Waals surface area contributed by atoms with E-state index in [0.29, 0.717) is 12.1 Å². The third-order valence-corrected chi connectivity index (χ3v) is 3.92. The third kappa shape index (κ3) is 3.56. The van der Waals surface area contributed by atoms with Crippen LogP contribution in [0.25, 0.3) is 0 Å². The predicted molar refractivity (Wildman–Crippen MR) is 76.2 cm³/mol. The first-order chi connectivity index (χ1) is 8.66. The summed E-state index contributed by atoms with van der Waals surface area (Å²) in [5, 5.41) is 19.5. The fourth-order valence-corrected chi connectivity index (χ4v) is 2.70. The van der Waals surface area contributed by atoms with Gasteiger partial charge in [0.25, 0.3) is 0 Å². The van der Waals surface area contributed by atoms with Crippen molar-refractivity contribution in [3.63, 3.8) is 0 Å². The highest BCUT2D eigenvalue weighted by molar-refractivity contribution is 9.10. The summed E-state index contributed by atoms with van der Waals surface area (Å²) in [5.74, 6) is 0.496. The quantitative estimate of drug-likeness (QED) is 0.843. The molecule has 2 rings (SSSR count). The number of hydrogen-bond acceptors (Lipinski definition) is 3. The van der Waals surface area contributed by atoms with E-state index in [2.05, 4.69) is 20.9 Å². The van der Waals surface area contributed by atoms with E-state index < -0.39 is 0 Å². The number of aliphatic hydroxyl groups is 1. The van der Waals surface area contributed by atoms with E-state index in [4.69, 9.17) is 0 Å². The van der Waals surface area contributed by atoms with Crippen molar-refractivity contribution in [2.75, 3.05) is 6.54 Å². The molecule has 0 heterocycles. The van der Waals surface area contributed by atoms with Crippen LogP contribution < -0.4 is 0 Å². The van der Waals surface area contributed by atoms with Crippen LogP contribution in [0.4, 0.5) is 0 Å². The molecule has 2 N–H and O–H groups in total. The Hall–Kier alpha value is -0.870. The molecule has 0 bridgehead atoms. The fraction of sp³-hybridized carbons (Fsp3) is 0.500. The van der Waals surface area contributed by atoms with Gasteiger partial charge in [0.1, 0.15) is 5.75 Å².